The third kappa shape index (κ3) is 4.88. The Labute approximate surface area is 155 Å². The van der Waals surface area contributed by atoms with Crippen LogP contribution in [0.3, 0.4) is 0 Å². The minimum atomic E-state index is -0.800. The van der Waals surface area contributed by atoms with Crippen molar-refractivity contribution in [3.05, 3.63) is 94.7 Å². The predicted octanol–water partition coefficient (Wildman–Crippen LogP) is 2.87. The van der Waals surface area contributed by atoms with E-state index in [1.165, 1.54) is 6.20 Å². The average Bonchev–Trinajstić information content (AvgIpc) is 2.69. The highest BCUT2D eigenvalue weighted by atomic mass is 16.5. The highest BCUT2D eigenvalue weighted by Crippen LogP contribution is 2.04. The van der Waals surface area contributed by atoms with E-state index in [1.54, 1.807) is 12.1 Å². The Bertz CT molecular complexity index is 985. The number of rotatable bonds is 5. The summed E-state index contributed by atoms with van der Waals surface area (Å²) in [6, 6.07) is 18.2. The summed E-state index contributed by atoms with van der Waals surface area (Å²) in [5.74, 6) is -0.444. The maximum atomic E-state index is 12.4. The van der Waals surface area contributed by atoms with E-state index in [0.717, 1.165) is 22.0 Å². The molecule has 1 amide bonds. The smallest absolute Gasteiger partial charge is 0.412 e. The van der Waals surface area contributed by atoms with Gasteiger partial charge < -0.3 is 4.74 Å². The van der Waals surface area contributed by atoms with Crippen LogP contribution in [0.25, 0.3) is 0 Å². The number of ether oxygens (including phenoxy) is 1. The van der Waals surface area contributed by atoms with Crippen LogP contribution in [0.2, 0.25) is 0 Å². The lowest BCUT2D eigenvalue weighted by molar-refractivity contribution is 0.0908. The van der Waals surface area contributed by atoms with Gasteiger partial charge in [-0.15, -0.1) is 0 Å². The second kappa shape index (κ2) is 8.57. The molecule has 3 rings (SSSR count). The standard InChI is InChI=1S/C20H17N3O4/c24-18(11-15-7-3-1-4-8-15)23-14-21-12-17(19(23)25)22-20(26)27-13-16-9-5-2-6-10-16/h1-10,12,14H,11,13H2,(H,22,26). The Kier molecular flexibility index (Phi) is 5.73. The molecule has 0 spiro atoms. The summed E-state index contributed by atoms with van der Waals surface area (Å²) in [6.45, 7) is 0.0636. The molecule has 0 aliphatic carbocycles. The van der Waals surface area contributed by atoms with E-state index in [-0.39, 0.29) is 18.7 Å². The molecule has 3 aromatic rings. The number of carbonyl (C=O) groups excluding carboxylic acids is 2. The first-order valence-corrected chi connectivity index (χ1v) is 8.25. The molecule has 136 valence electrons. The van der Waals surface area contributed by atoms with E-state index >= 15 is 0 Å². The van der Waals surface area contributed by atoms with Gasteiger partial charge in [0.1, 0.15) is 18.6 Å². The lowest BCUT2D eigenvalue weighted by atomic mass is 10.1. The average molecular weight is 363 g/mol. The normalized spacial score (nSPS) is 10.2. The zero-order chi connectivity index (χ0) is 19.1. The Morgan fingerprint density at radius 3 is 2.26 bits per heavy atom. The lowest BCUT2D eigenvalue weighted by Crippen LogP contribution is -2.31. The topological polar surface area (TPSA) is 90.3 Å². The van der Waals surface area contributed by atoms with E-state index in [0.29, 0.717) is 0 Å². The molecule has 27 heavy (non-hydrogen) atoms. The highest BCUT2D eigenvalue weighted by Gasteiger charge is 2.14. The first-order chi connectivity index (χ1) is 13.1. The Balaban J connectivity index is 1.66. The number of hydrogen-bond donors (Lipinski definition) is 1. The Hall–Kier alpha value is -3.74. The minimum absolute atomic E-state index is 0.0460. The van der Waals surface area contributed by atoms with Gasteiger partial charge in [0.05, 0.1) is 12.6 Å². The van der Waals surface area contributed by atoms with Gasteiger partial charge >= 0.3 is 6.09 Å². The summed E-state index contributed by atoms with van der Waals surface area (Å²) < 4.78 is 5.95. The summed E-state index contributed by atoms with van der Waals surface area (Å²) in [4.78, 5) is 40.6. The van der Waals surface area contributed by atoms with E-state index in [2.05, 4.69) is 10.3 Å². The number of aromatic nitrogens is 2. The van der Waals surface area contributed by atoms with Crippen molar-refractivity contribution in [2.45, 2.75) is 13.0 Å². The van der Waals surface area contributed by atoms with Crippen molar-refractivity contribution in [2.75, 3.05) is 5.32 Å². The quantitative estimate of drug-likeness (QED) is 0.753. The maximum Gasteiger partial charge on any atom is 0.412 e. The number of amides is 1. The molecular weight excluding hydrogens is 346 g/mol. The number of nitrogens with one attached hydrogen (secondary N) is 1. The Morgan fingerprint density at radius 2 is 1.59 bits per heavy atom. The number of anilines is 1. The molecule has 1 aromatic heterocycles. The van der Waals surface area contributed by atoms with Gasteiger partial charge in [-0.3, -0.25) is 14.9 Å². The molecule has 7 heteroatoms. The fraction of sp³-hybridized carbons (Fsp3) is 0.100. The van der Waals surface area contributed by atoms with Gasteiger partial charge in [0.2, 0.25) is 5.91 Å². The molecule has 0 saturated carbocycles. The van der Waals surface area contributed by atoms with Crippen molar-refractivity contribution < 1.29 is 14.3 Å². The van der Waals surface area contributed by atoms with Gasteiger partial charge in [-0.1, -0.05) is 60.7 Å². The van der Waals surface area contributed by atoms with Crippen molar-refractivity contribution in [3.63, 3.8) is 0 Å². The monoisotopic (exact) mass is 363 g/mol. The molecule has 0 bridgehead atoms. The summed E-state index contributed by atoms with van der Waals surface area (Å²) >= 11 is 0. The Morgan fingerprint density at radius 1 is 0.963 bits per heavy atom. The van der Waals surface area contributed by atoms with Gasteiger partial charge in [0, 0.05) is 0 Å². The summed E-state index contributed by atoms with van der Waals surface area (Å²) in [5, 5.41) is 2.33. The molecule has 1 N–H and O–H groups in total. The first-order valence-electron chi connectivity index (χ1n) is 8.25. The summed E-state index contributed by atoms with van der Waals surface area (Å²) in [6.07, 6.45) is 1.56. The zero-order valence-electron chi connectivity index (χ0n) is 14.4. The molecule has 0 aliphatic rings. The number of carbonyl (C=O) groups is 2. The highest BCUT2D eigenvalue weighted by molar-refractivity contribution is 5.85. The molecule has 2 aromatic carbocycles. The summed E-state index contributed by atoms with van der Waals surface area (Å²) in [5.41, 5.74) is 0.795. The molecule has 0 unspecified atom stereocenters. The first kappa shape index (κ1) is 18.1. The maximum absolute atomic E-state index is 12.4. The van der Waals surface area contributed by atoms with Crippen LogP contribution >= 0.6 is 0 Å². The van der Waals surface area contributed by atoms with Crippen molar-refractivity contribution in [3.8, 4) is 0 Å². The molecule has 0 saturated heterocycles. The van der Waals surface area contributed by atoms with Crippen LogP contribution in [0, 0.1) is 0 Å². The van der Waals surface area contributed by atoms with Gasteiger partial charge in [-0.2, -0.15) is 0 Å². The van der Waals surface area contributed by atoms with Crippen molar-refractivity contribution in [1.82, 2.24) is 9.55 Å². The van der Waals surface area contributed by atoms with Gasteiger partial charge in [0.15, 0.2) is 0 Å². The molecule has 0 aliphatic heterocycles. The minimum Gasteiger partial charge on any atom is -0.444 e. The fourth-order valence-corrected chi connectivity index (χ4v) is 2.40. The number of hydrogen-bond acceptors (Lipinski definition) is 5. The van der Waals surface area contributed by atoms with E-state index < -0.39 is 17.6 Å². The van der Waals surface area contributed by atoms with Crippen LogP contribution < -0.4 is 10.9 Å². The van der Waals surface area contributed by atoms with Crippen LogP contribution in [0.15, 0.2) is 78.0 Å². The van der Waals surface area contributed by atoms with Crippen LogP contribution in [0.4, 0.5) is 10.5 Å². The fourth-order valence-electron chi connectivity index (χ4n) is 2.40. The van der Waals surface area contributed by atoms with Crippen LogP contribution in [0.5, 0.6) is 0 Å². The van der Waals surface area contributed by atoms with Crippen LogP contribution in [-0.2, 0) is 17.8 Å². The van der Waals surface area contributed by atoms with Crippen LogP contribution in [-0.4, -0.2) is 21.6 Å². The second-order valence-corrected chi connectivity index (χ2v) is 5.73. The summed E-state index contributed by atoms with van der Waals surface area (Å²) in [7, 11) is 0. The van der Waals surface area contributed by atoms with Crippen molar-refractivity contribution >= 4 is 17.7 Å². The van der Waals surface area contributed by atoms with Gasteiger partial charge in [-0.25, -0.2) is 14.3 Å². The largest absolute Gasteiger partial charge is 0.444 e. The van der Waals surface area contributed by atoms with E-state index in [9.17, 15) is 14.4 Å². The molecule has 0 radical (unpaired) electrons. The van der Waals surface area contributed by atoms with Gasteiger partial charge in [0.25, 0.3) is 5.56 Å². The van der Waals surface area contributed by atoms with Crippen LogP contribution in [0.1, 0.15) is 15.9 Å². The van der Waals surface area contributed by atoms with E-state index in [1.807, 2.05) is 48.5 Å². The van der Waals surface area contributed by atoms with Crippen molar-refractivity contribution in [2.24, 2.45) is 0 Å². The molecule has 7 nitrogen and oxygen atoms in total. The third-order valence-corrected chi connectivity index (χ3v) is 3.75. The number of nitrogens with zero attached hydrogens (tertiary/aromatic N) is 2. The lowest BCUT2D eigenvalue weighted by Gasteiger charge is -2.08. The van der Waals surface area contributed by atoms with Crippen molar-refractivity contribution in [1.29, 1.82) is 0 Å². The molecule has 1 heterocycles. The molecular formula is C20H17N3O4. The second-order valence-electron chi connectivity index (χ2n) is 5.73. The van der Waals surface area contributed by atoms with E-state index in [4.69, 9.17) is 4.74 Å². The van der Waals surface area contributed by atoms with Gasteiger partial charge in [-0.05, 0) is 11.1 Å². The number of benzene rings is 2. The molecule has 0 fully saturated rings. The molecule has 0 atom stereocenters. The zero-order valence-corrected chi connectivity index (χ0v) is 14.4. The predicted molar refractivity (Wildman–Crippen MR) is 99.5 cm³/mol. The SMILES string of the molecule is O=C(Nc1cncn(C(=O)Cc2ccccc2)c1=O)OCc1ccccc1. The third-order valence-electron chi connectivity index (χ3n) is 3.75.